The smallest absolute Gasteiger partial charge is 0.201 e. The zero-order valence-electron chi connectivity index (χ0n) is 9.95. The third-order valence-corrected chi connectivity index (χ3v) is 3.49. The standard InChI is InChI=1S/C13H19NO2/c1-9-3-8-12(16-9)13(15)10-4-6-11(14-2)7-5-10/h3,8,10-11,14H,4-7H2,1-2H3. The fourth-order valence-corrected chi connectivity index (χ4v) is 2.41. The zero-order chi connectivity index (χ0) is 11.5. The van der Waals surface area contributed by atoms with Gasteiger partial charge in [-0.1, -0.05) is 0 Å². The molecular weight excluding hydrogens is 202 g/mol. The quantitative estimate of drug-likeness (QED) is 0.798. The first-order chi connectivity index (χ1) is 7.70. The summed E-state index contributed by atoms with van der Waals surface area (Å²) in [5.74, 6) is 1.69. The Balaban J connectivity index is 1.96. The molecule has 0 unspecified atom stereocenters. The molecule has 88 valence electrons. The Morgan fingerprint density at radius 1 is 1.31 bits per heavy atom. The van der Waals surface area contributed by atoms with Crippen molar-refractivity contribution >= 4 is 5.78 Å². The van der Waals surface area contributed by atoms with Crippen LogP contribution in [0, 0.1) is 12.8 Å². The van der Waals surface area contributed by atoms with Gasteiger partial charge >= 0.3 is 0 Å². The van der Waals surface area contributed by atoms with E-state index >= 15 is 0 Å². The van der Waals surface area contributed by atoms with Gasteiger partial charge in [0.25, 0.3) is 0 Å². The van der Waals surface area contributed by atoms with Crippen LogP contribution in [0.15, 0.2) is 16.5 Å². The number of ketones is 1. The second kappa shape index (κ2) is 4.83. The molecule has 2 rings (SSSR count). The molecule has 1 aliphatic carbocycles. The van der Waals surface area contributed by atoms with Crippen LogP contribution >= 0.6 is 0 Å². The van der Waals surface area contributed by atoms with Crippen LogP contribution in [-0.2, 0) is 0 Å². The summed E-state index contributed by atoms with van der Waals surface area (Å²) in [6.07, 6.45) is 4.13. The number of aryl methyl sites for hydroxylation is 1. The molecule has 0 spiro atoms. The van der Waals surface area contributed by atoms with E-state index in [0.717, 1.165) is 31.4 Å². The predicted octanol–water partition coefficient (Wildman–Crippen LogP) is 2.55. The minimum Gasteiger partial charge on any atom is -0.458 e. The summed E-state index contributed by atoms with van der Waals surface area (Å²) >= 11 is 0. The van der Waals surface area contributed by atoms with Gasteiger partial charge < -0.3 is 9.73 Å². The molecule has 1 N–H and O–H groups in total. The Morgan fingerprint density at radius 3 is 2.50 bits per heavy atom. The molecule has 1 saturated carbocycles. The fraction of sp³-hybridized carbons (Fsp3) is 0.615. The van der Waals surface area contributed by atoms with Crippen LogP contribution in [0.25, 0.3) is 0 Å². The molecule has 0 aliphatic heterocycles. The third kappa shape index (κ3) is 2.35. The molecule has 1 aromatic heterocycles. The molecule has 3 heteroatoms. The Morgan fingerprint density at radius 2 is 2.00 bits per heavy atom. The molecule has 3 nitrogen and oxygen atoms in total. The van der Waals surface area contributed by atoms with Gasteiger partial charge in [0, 0.05) is 12.0 Å². The summed E-state index contributed by atoms with van der Waals surface area (Å²) in [6.45, 7) is 1.87. The highest BCUT2D eigenvalue weighted by atomic mass is 16.3. The van der Waals surface area contributed by atoms with Crippen LogP contribution in [0.5, 0.6) is 0 Å². The van der Waals surface area contributed by atoms with Crippen molar-refractivity contribution in [1.82, 2.24) is 5.32 Å². The summed E-state index contributed by atoms with van der Waals surface area (Å²) in [7, 11) is 1.99. The Kier molecular flexibility index (Phi) is 3.44. The third-order valence-electron chi connectivity index (χ3n) is 3.49. The van der Waals surface area contributed by atoms with Crippen LogP contribution in [-0.4, -0.2) is 18.9 Å². The van der Waals surface area contributed by atoms with Crippen LogP contribution in [0.4, 0.5) is 0 Å². The molecule has 1 heterocycles. The number of Topliss-reactive ketones (excluding diaryl/α,β-unsaturated/α-hetero) is 1. The summed E-state index contributed by atoms with van der Waals surface area (Å²) in [4.78, 5) is 12.1. The molecule has 0 bridgehead atoms. The molecule has 1 aromatic rings. The van der Waals surface area contributed by atoms with Crippen molar-refractivity contribution in [2.45, 2.75) is 38.6 Å². The fourth-order valence-electron chi connectivity index (χ4n) is 2.41. The van der Waals surface area contributed by atoms with Crippen molar-refractivity contribution in [3.05, 3.63) is 23.7 Å². The lowest BCUT2D eigenvalue weighted by Gasteiger charge is -2.26. The minimum atomic E-state index is 0.162. The van der Waals surface area contributed by atoms with Gasteiger partial charge in [-0.3, -0.25) is 4.79 Å². The van der Waals surface area contributed by atoms with Crippen molar-refractivity contribution in [3.8, 4) is 0 Å². The Labute approximate surface area is 96.2 Å². The van der Waals surface area contributed by atoms with E-state index in [-0.39, 0.29) is 11.7 Å². The van der Waals surface area contributed by atoms with E-state index in [4.69, 9.17) is 4.42 Å². The first kappa shape index (κ1) is 11.4. The van der Waals surface area contributed by atoms with E-state index in [9.17, 15) is 4.79 Å². The summed E-state index contributed by atoms with van der Waals surface area (Å²) < 4.78 is 5.39. The maximum Gasteiger partial charge on any atom is 0.201 e. The monoisotopic (exact) mass is 221 g/mol. The number of hydrogen-bond acceptors (Lipinski definition) is 3. The normalized spacial score (nSPS) is 25.6. The number of hydrogen-bond donors (Lipinski definition) is 1. The summed E-state index contributed by atoms with van der Waals surface area (Å²) in [6, 6.07) is 4.23. The largest absolute Gasteiger partial charge is 0.458 e. The van der Waals surface area contributed by atoms with Gasteiger partial charge in [0.05, 0.1) is 0 Å². The first-order valence-corrected chi connectivity index (χ1v) is 5.98. The highest BCUT2D eigenvalue weighted by molar-refractivity contribution is 5.95. The molecule has 0 aromatic carbocycles. The predicted molar refractivity (Wildman–Crippen MR) is 62.6 cm³/mol. The van der Waals surface area contributed by atoms with Crippen molar-refractivity contribution in [1.29, 1.82) is 0 Å². The van der Waals surface area contributed by atoms with Gasteiger partial charge in [0.15, 0.2) is 5.76 Å². The Bertz CT molecular complexity index is 362. The second-order valence-electron chi connectivity index (χ2n) is 4.61. The van der Waals surface area contributed by atoms with Gasteiger partial charge in [-0.25, -0.2) is 0 Å². The van der Waals surface area contributed by atoms with Crippen molar-refractivity contribution < 1.29 is 9.21 Å². The van der Waals surface area contributed by atoms with Crippen molar-refractivity contribution in [2.24, 2.45) is 5.92 Å². The highest BCUT2D eigenvalue weighted by Gasteiger charge is 2.27. The SMILES string of the molecule is CNC1CCC(C(=O)c2ccc(C)o2)CC1. The number of rotatable bonds is 3. The van der Waals surface area contributed by atoms with E-state index in [1.807, 2.05) is 20.0 Å². The van der Waals surface area contributed by atoms with Crippen LogP contribution in [0.1, 0.15) is 42.0 Å². The molecule has 16 heavy (non-hydrogen) atoms. The van der Waals surface area contributed by atoms with E-state index in [2.05, 4.69) is 5.32 Å². The number of furan rings is 1. The molecule has 1 aliphatic rings. The van der Waals surface area contributed by atoms with Crippen LogP contribution in [0.2, 0.25) is 0 Å². The van der Waals surface area contributed by atoms with Gasteiger partial charge in [-0.05, 0) is 51.8 Å². The maximum atomic E-state index is 12.1. The maximum absolute atomic E-state index is 12.1. The lowest BCUT2D eigenvalue weighted by atomic mass is 9.83. The zero-order valence-corrected chi connectivity index (χ0v) is 9.95. The molecule has 0 saturated heterocycles. The molecule has 0 amide bonds. The summed E-state index contributed by atoms with van der Waals surface area (Å²) in [5.41, 5.74) is 0. The number of nitrogens with one attached hydrogen (secondary N) is 1. The van der Waals surface area contributed by atoms with Gasteiger partial charge in [0.2, 0.25) is 5.78 Å². The molecule has 0 radical (unpaired) electrons. The average Bonchev–Trinajstić information content (AvgIpc) is 2.75. The lowest BCUT2D eigenvalue weighted by molar-refractivity contribution is 0.0850. The highest BCUT2D eigenvalue weighted by Crippen LogP contribution is 2.27. The van der Waals surface area contributed by atoms with Crippen molar-refractivity contribution in [3.63, 3.8) is 0 Å². The number of carbonyl (C=O) groups is 1. The summed E-state index contributed by atoms with van der Waals surface area (Å²) in [5, 5.41) is 3.27. The second-order valence-corrected chi connectivity index (χ2v) is 4.61. The van der Waals surface area contributed by atoms with E-state index in [1.54, 1.807) is 6.07 Å². The van der Waals surface area contributed by atoms with E-state index in [1.165, 1.54) is 0 Å². The minimum absolute atomic E-state index is 0.162. The van der Waals surface area contributed by atoms with Crippen LogP contribution < -0.4 is 5.32 Å². The van der Waals surface area contributed by atoms with Crippen molar-refractivity contribution in [2.75, 3.05) is 7.05 Å². The molecule has 0 atom stereocenters. The lowest BCUT2D eigenvalue weighted by Crippen LogP contribution is -2.32. The first-order valence-electron chi connectivity index (χ1n) is 5.98. The van der Waals surface area contributed by atoms with Crippen LogP contribution in [0.3, 0.4) is 0 Å². The van der Waals surface area contributed by atoms with Gasteiger partial charge in [-0.2, -0.15) is 0 Å². The van der Waals surface area contributed by atoms with Gasteiger partial charge in [0.1, 0.15) is 5.76 Å². The van der Waals surface area contributed by atoms with E-state index in [0.29, 0.717) is 11.8 Å². The molecular formula is C13H19NO2. The van der Waals surface area contributed by atoms with Gasteiger partial charge in [-0.15, -0.1) is 0 Å². The van der Waals surface area contributed by atoms with E-state index < -0.39 is 0 Å². The topological polar surface area (TPSA) is 42.2 Å². The Hall–Kier alpha value is -1.09. The molecule has 1 fully saturated rings. The number of carbonyl (C=O) groups excluding carboxylic acids is 1. The average molecular weight is 221 g/mol.